The highest BCUT2D eigenvalue weighted by atomic mass is 32.2. The van der Waals surface area contributed by atoms with E-state index in [0.29, 0.717) is 22.9 Å². The molecule has 8 nitrogen and oxygen atoms in total. The third-order valence-corrected chi connectivity index (χ3v) is 7.38. The molecule has 2 N–H and O–H groups in total. The van der Waals surface area contributed by atoms with Crippen LogP contribution >= 0.6 is 11.8 Å². The van der Waals surface area contributed by atoms with Crippen LogP contribution in [-0.4, -0.2) is 42.4 Å². The quantitative estimate of drug-likeness (QED) is 0.333. The van der Waals surface area contributed by atoms with E-state index in [9.17, 15) is 18.8 Å². The summed E-state index contributed by atoms with van der Waals surface area (Å²) in [5.74, 6) is -0.637. The second kappa shape index (κ2) is 13.8. The predicted molar refractivity (Wildman–Crippen MR) is 149 cm³/mol. The van der Waals surface area contributed by atoms with Gasteiger partial charge in [0.1, 0.15) is 17.3 Å². The Hall–Kier alpha value is -3.79. The molecule has 0 spiro atoms. The molecule has 10 heteroatoms. The molecule has 206 valence electrons. The number of carbonyl (C=O) groups excluding carboxylic acids is 3. The van der Waals surface area contributed by atoms with Crippen LogP contribution in [-0.2, 0) is 14.4 Å². The second-order valence-corrected chi connectivity index (χ2v) is 10.3. The van der Waals surface area contributed by atoms with Crippen LogP contribution in [0.2, 0.25) is 0 Å². The minimum Gasteiger partial charge on any atom is -0.497 e. The van der Waals surface area contributed by atoms with E-state index in [-0.39, 0.29) is 35.3 Å². The van der Waals surface area contributed by atoms with Crippen LogP contribution in [0.1, 0.15) is 43.9 Å². The van der Waals surface area contributed by atoms with E-state index in [4.69, 9.17) is 9.15 Å². The number of hydrogen-bond acceptors (Lipinski definition) is 6. The Morgan fingerprint density at radius 1 is 1.05 bits per heavy atom. The Morgan fingerprint density at radius 2 is 1.82 bits per heavy atom. The number of rotatable bonds is 11. The summed E-state index contributed by atoms with van der Waals surface area (Å²) >= 11 is 1.12. The number of nitrogens with one attached hydrogen (secondary N) is 2. The highest BCUT2D eigenvalue weighted by Crippen LogP contribution is 2.32. The van der Waals surface area contributed by atoms with Crippen molar-refractivity contribution in [2.45, 2.75) is 44.2 Å². The monoisotopic (exact) mass is 553 g/mol. The number of amides is 3. The fraction of sp³-hybridized carbons (Fsp3) is 0.345. The summed E-state index contributed by atoms with van der Waals surface area (Å²) in [5, 5.41) is 5.81. The molecule has 2 aromatic carbocycles. The summed E-state index contributed by atoms with van der Waals surface area (Å²) in [5.41, 5.74) is 0.930. The van der Waals surface area contributed by atoms with E-state index in [0.717, 1.165) is 43.9 Å². The lowest BCUT2D eigenvalue weighted by atomic mass is 9.95. The number of furan rings is 1. The number of hydrogen-bond donors (Lipinski definition) is 2. The molecule has 1 fully saturated rings. The van der Waals surface area contributed by atoms with Gasteiger partial charge in [-0.15, -0.1) is 11.8 Å². The number of anilines is 2. The number of carbonyl (C=O) groups is 3. The first-order valence-corrected chi connectivity index (χ1v) is 14.0. The van der Waals surface area contributed by atoms with Gasteiger partial charge >= 0.3 is 0 Å². The number of halogens is 1. The standard InChI is InChI=1S/C29H32FN3O5S/c1-37-24-10-5-9-23(17-24)33(27(35)19-39-18-26(34)31-22-14-12-20(30)13-15-22)28(25-11-6-16-38-25)29(36)32-21-7-3-2-4-8-21/h5-6,9-17,21,28H,2-4,7-8,18-19H2,1H3,(H,31,34)(H,32,36). The fourth-order valence-electron chi connectivity index (χ4n) is 4.58. The zero-order valence-electron chi connectivity index (χ0n) is 21.7. The zero-order valence-corrected chi connectivity index (χ0v) is 22.5. The van der Waals surface area contributed by atoms with Gasteiger partial charge in [0.25, 0.3) is 5.91 Å². The Bertz CT molecular complexity index is 1250. The molecule has 0 bridgehead atoms. The molecule has 4 rings (SSSR count). The molecule has 39 heavy (non-hydrogen) atoms. The van der Waals surface area contributed by atoms with E-state index in [1.807, 2.05) is 0 Å². The van der Waals surface area contributed by atoms with Gasteiger partial charge in [-0.2, -0.15) is 0 Å². The molecule has 1 aliphatic carbocycles. The number of methoxy groups -OCH3 is 1. The molecule has 1 heterocycles. The second-order valence-electron chi connectivity index (χ2n) is 9.27. The number of thioether (sulfide) groups is 1. The van der Waals surface area contributed by atoms with Crippen molar-refractivity contribution in [1.29, 1.82) is 0 Å². The first-order valence-electron chi connectivity index (χ1n) is 12.9. The van der Waals surface area contributed by atoms with E-state index >= 15 is 0 Å². The normalized spacial score (nSPS) is 14.3. The lowest BCUT2D eigenvalue weighted by molar-refractivity contribution is -0.127. The summed E-state index contributed by atoms with van der Waals surface area (Å²) in [6.07, 6.45) is 6.50. The Balaban J connectivity index is 1.53. The summed E-state index contributed by atoms with van der Waals surface area (Å²) < 4.78 is 24.2. The summed E-state index contributed by atoms with van der Waals surface area (Å²) in [4.78, 5) is 41.2. The van der Waals surface area contributed by atoms with Crippen LogP contribution in [0.15, 0.2) is 71.3 Å². The summed E-state index contributed by atoms with van der Waals surface area (Å²) in [7, 11) is 1.53. The van der Waals surface area contributed by atoms with Gasteiger partial charge in [0.15, 0.2) is 6.04 Å². The minimum atomic E-state index is -1.05. The molecule has 1 saturated carbocycles. The zero-order chi connectivity index (χ0) is 27.6. The van der Waals surface area contributed by atoms with Crippen LogP contribution in [0.4, 0.5) is 15.8 Å². The topological polar surface area (TPSA) is 101 Å². The van der Waals surface area contributed by atoms with E-state index in [1.165, 1.54) is 42.5 Å². The van der Waals surface area contributed by atoms with E-state index in [1.54, 1.807) is 36.4 Å². The fourth-order valence-corrected chi connectivity index (χ4v) is 5.25. The van der Waals surface area contributed by atoms with Crippen molar-refractivity contribution in [3.05, 3.63) is 78.5 Å². The van der Waals surface area contributed by atoms with Gasteiger partial charge < -0.3 is 19.8 Å². The lowest BCUT2D eigenvalue weighted by Crippen LogP contribution is -2.47. The Kier molecular flexibility index (Phi) is 10.0. The van der Waals surface area contributed by atoms with Crippen molar-refractivity contribution in [3.63, 3.8) is 0 Å². The van der Waals surface area contributed by atoms with Gasteiger partial charge in [0, 0.05) is 23.5 Å². The lowest BCUT2D eigenvalue weighted by Gasteiger charge is -2.32. The smallest absolute Gasteiger partial charge is 0.251 e. The van der Waals surface area contributed by atoms with Gasteiger partial charge in [-0.25, -0.2) is 4.39 Å². The van der Waals surface area contributed by atoms with Gasteiger partial charge in [-0.05, 0) is 61.4 Å². The van der Waals surface area contributed by atoms with E-state index in [2.05, 4.69) is 10.6 Å². The molecule has 0 saturated heterocycles. The largest absolute Gasteiger partial charge is 0.497 e. The number of benzene rings is 2. The van der Waals surface area contributed by atoms with Crippen molar-refractivity contribution < 1.29 is 27.9 Å². The number of nitrogens with zero attached hydrogens (tertiary/aromatic N) is 1. The van der Waals surface area contributed by atoms with Crippen molar-refractivity contribution in [2.24, 2.45) is 0 Å². The van der Waals surface area contributed by atoms with Crippen LogP contribution in [0.3, 0.4) is 0 Å². The summed E-state index contributed by atoms with van der Waals surface area (Å²) in [6, 6.07) is 14.7. The molecule has 3 amide bonds. The van der Waals surface area contributed by atoms with Crippen molar-refractivity contribution in [1.82, 2.24) is 5.32 Å². The van der Waals surface area contributed by atoms with Crippen LogP contribution in [0, 0.1) is 5.82 Å². The van der Waals surface area contributed by atoms with Gasteiger partial charge in [-0.3, -0.25) is 19.3 Å². The molecule has 1 aliphatic rings. The predicted octanol–water partition coefficient (Wildman–Crippen LogP) is 5.32. The molecule has 1 atom stereocenters. The maximum Gasteiger partial charge on any atom is 0.251 e. The van der Waals surface area contributed by atoms with Gasteiger partial charge in [0.2, 0.25) is 11.8 Å². The molecular formula is C29H32FN3O5S. The molecule has 0 radical (unpaired) electrons. The van der Waals surface area contributed by atoms with Gasteiger partial charge in [0.05, 0.1) is 24.9 Å². The molecule has 3 aromatic rings. The van der Waals surface area contributed by atoms with Crippen LogP contribution in [0.25, 0.3) is 0 Å². The van der Waals surface area contributed by atoms with Crippen LogP contribution < -0.4 is 20.3 Å². The average Bonchev–Trinajstić information content (AvgIpc) is 3.48. The first-order chi connectivity index (χ1) is 18.9. The van der Waals surface area contributed by atoms with E-state index < -0.39 is 11.9 Å². The highest BCUT2D eigenvalue weighted by Gasteiger charge is 2.36. The first kappa shape index (κ1) is 28.2. The average molecular weight is 554 g/mol. The summed E-state index contributed by atoms with van der Waals surface area (Å²) in [6.45, 7) is 0. The SMILES string of the molecule is COc1cccc(N(C(=O)CSCC(=O)Nc2ccc(F)cc2)C(C(=O)NC2CCCCC2)c2ccco2)c1. The third kappa shape index (κ3) is 7.86. The maximum absolute atomic E-state index is 13.7. The molecule has 1 aromatic heterocycles. The Morgan fingerprint density at radius 3 is 2.51 bits per heavy atom. The van der Waals surface area contributed by atoms with Crippen molar-refractivity contribution >= 4 is 40.9 Å². The molecular weight excluding hydrogens is 521 g/mol. The number of ether oxygens (including phenoxy) is 1. The molecule has 0 aliphatic heterocycles. The van der Waals surface area contributed by atoms with Gasteiger partial charge in [-0.1, -0.05) is 25.3 Å². The maximum atomic E-state index is 13.7. The highest BCUT2D eigenvalue weighted by molar-refractivity contribution is 8.00. The third-order valence-electron chi connectivity index (χ3n) is 6.46. The minimum absolute atomic E-state index is 0.00520. The van der Waals surface area contributed by atoms with Crippen LogP contribution in [0.5, 0.6) is 5.75 Å². The molecule has 1 unspecified atom stereocenters. The van der Waals surface area contributed by atoms with Crippen molar-refractivity contribution in [2.75, 3.05) is 28.8 Å². The van der Waals surface area contributed by atoms with Crippen molar-refractivity contribution in [3.8, 4) is 5.75 Å². The Labute approximate surface area is 231 Å².